The third-order valence-electron chi connectivity index (χ3n) is 6.19. The summed E-state index contributed by atoms with van der Waals surface area (Å²) in [6.07, 6.45) is 0. The van der Waals surface area contributed by atoms with Gasteiger partial charge in [-0.25, -0.2) is 0 Å². The van der Waals surface area contributed by atoms with Crippen LogP contribution in [0.15, 0.2) is 42.5 Å². The van der Waals surface area contributed by atoms with E-state index in [-0.39, 0.29) is 18.4 Å². The zero-order valence-corrected chi connectivity index (χ0v) is 18.9. The van der Waals surface area contributed by atoms with Crippen molar-refractivity contribution in [1.82, 2.24) is 15.1 Å². The number of nitrogens with zero attached hydrogens (tertiary/aromatic N) is 2. The van der Waals surface area contributed by atoms with Gasteiger partial charge in [-0.3, -0.25) is 14.5 Å². The number of hydrogen-bond acceptors (Lipinski definition) is 6. The molecule has 0 radical (unpaired) electrons. The van der Waals surface area contributed by atoms with Gasteiger partial charge in [0.1, 0.15) is 12.4 Å². The largest absolute Gasteiger partial charge is 0.493 e. The summed E-state index contributed by atoms with van der Waals surface area (Å²) >= 11 is 0. The molecule has 2 aliphatic rings. The summed E-state index contributed by atoms with van der Waals surface area (Å²) in [4.78, 5) is 30.0. The van der Waals surface area contributed by atoms with Crippen LogP contribution in [0.5, 0.6) is 17.2 Å². The minimum absolute atomic E-state index is 0.0327. The van der Waals surface area contributed by atoms with Gasteiger partial charge in [0.15, 0.2) is 11.5 Å². The third-order valence-corrected chi connectivity index (χ3v) is 6.19. The number of carbonyl (C=O) groups is 2. The second-order valence-corrected chi connectivity index (χ2v) is 8.54. The first kappa shape index (κ1) is 22.0. The maximum absolute atomic E-state index is 13.1. The Balaban J connectivity index is 1.62. The van der Waals surface area contributed by atoms with Gasteiger partial charge in [-0.1, -0.05) is 18.2 Å². The van der Waals surface area contributed by atoms with Gasteiger partial charge in [0.25, 0.3) is 5.91 Å². The average Bonchev–Trinajstić information content (AvgIpc) is 3.06. The highest BCUT2D eigenvalue weighted by Gasteiger charge is 2.53. The van der Waals surface area contributed by atoms with Gasteiger partial charge in [0.05, 0.1) is 31.2 Å². The monoisotopic (exact) mass is 439 g/mol. The molecule has 1 saturated heterocycles. The number of ether oxygens (including phenoxy) is 3. The minimum atomic E-state index is -0.825. The Morgan fingerprint density at radius 3 is 2.66 bits per heavy atom. The van der Waals surface area contributed by atoms with Crippen LogP contribution in [0.25, 0.3) is 0 Å². The van der Waals surface area contributed by atoms with Crippen molar-refractivity contribution < 1.29 is 23.8 Å². The number of benzene rings is 2. The van der Waals surface area contributed by atoms with E-state index in [1.165, 1.54) is 0 Å². The fourth-order valence-electron chi connectivity index (χ4n) is 4.58. The molecule has 8 heteroatoms. The Kier molecular flexibility index (Phi) is 5.97. The van der Waals surface area contributed by atoms with Crippen LogP contribution in [0.2, 0.25) is 0 Å². The molecule has 2 heterocycles. The van der Waals surface area contributed by atoms with Crippen LogP contribution < -0.4 is 19.5 Å². The summed E-state index contributed by atoms with van der Waals surface area (Å²) in [5, 5.41) is 3.16. The lowest BCUT2D eigenvalue weighted by atomic mass is 9.86. The Labute approximate surface area is 188 Å². The lowest BCUT2D eigenvalue weighted by Crippen LogP contribution is -2.60. The number of methoxy groups -OCH3 is 2. The summed E-state index contributed by atoms with van der Waals surface area (Å²) in [5.74, 6) is 1.17. The summed E-state index contributed by atoms with van der Waals surface area (Å²) in [5.41, 5.74) is 0.687. The van der Waals surface area contributed by atoms with E-state index in [1.54, 1.807) is 51.4 Å². The third kappa shape index (κ3) is 3.98. The molecular weight excluding hydrogens is 410 g/mol. The molecule has 8 nitrogen and oxygen atoms in total. The summed E-state index contributed by atoms with van der Waals surface area (Å²) in [7, 11) is 6.68. The second-order valence-electron chi connectivity index (χ2n) is 8.54. The predicted molar refractivity (Wildman–Crippen MR) is 119 cm³/mol. The first-order valence-corrected chi connectivity index (χ1v) is 10.6. The molecule has 2 aliphatic heterocycles. The topological polar surface area (TPSA) is 80.3 Å². The predicted octanol–water partition coefficient (Wildman–Crippen LogP) is 1.78. The Hall–Kier alpha value is -3.26. The van der Waals surface area contributed by atoms with E-state index in [2.05, 4.69) is 10.2 Å². The quantitative estimate of drug-likeness (QED) is 0.765. The zero-order chi connectivity index (χ0) is 22.9. The van der Waals surface area contributed by atoms with Crippen LogP contribution in [-0.4, -0.2) is 75.2 Å². The number of likely N-dealkylation sites (tertiary alicyclic amines) is 1. The average molecular weight is 440 g/mol. The molecule has 0 aromatic heterocycles. The molecule has 32 heavy (non-hydrogen) atoms. The van der Waals surface area contributed by atoms with Crippen LogP contribution in [-0.2, 0) is 11.3 Å². The highest BCUT2D eigenvalue weighted by Crippen LogP contribution is 2.35. The fraction of sp³-hybridized carbons (Fsp3) is 0.417. The van der Waals surface area contributed by atoms with Crippen molar-refractivity contribution in [2.75, 3.05) is 48.0 Å². The molecule has 2 amide bonds. The summed E-state index contributed by atoms with van der Waals surface area (Å²) < 4.78 is 16.8. The van der Waals surface area contributed by atoms with Gasteiger partial charge < -0.3 is 24.4 Å². The molecule has 2 aromatic carbocycles. The standard InChI is InChI=1S/C24H29N3O5/c1-26(2)23(29)18-13-27(12-16-9-10-20(30-3)21(11-16)31-4)14-24(18)15-32-19-8-6-5-7-17(19)22(28)25-24/h5-11,18H,12-15H2,1-4H3,(H,25,28)/t18-,24-/m1/s1. The molecule has 170 valence electrons. The first-order valence-electron chi connectivity index (χ1n) is 10.6. The Morgan fingerprint density at radius 1 is 1.19 bits per heavy atom. The molecule has 2 atom stereocenters. The molecular formula is C24H29N3O5. The number of amides is 2. The number of hydrogen-bond donors (Lipinski definition) is 1. The Morgan fingerprint density at radius 2 is 1.94 bits per heavy atom. The number of carbonyl (C=O) groups excluding carboxylic acids is 2. The van der Waals surface area contributed by atoms with E-state index in [4.69, 9.17) is 14.2 Å². The fourth-order valence-corrected chi connectivity index (χ4v) is 4.58. The van der Waals surface area contributed by atoms with Gasteiger partial charge >= 0.3 is 0 Å². The number of fused-ring (bicyclic) bond motifs is 1. The highest BCUT2D eigenvalue weighted by atomic mass is 16.5. The van der Waals surface area contributed by atoms with Crippen LogP contribution in [0, 0.1) is 5.92 Å². The molecule has 0 aliphatic carbocycles. The molecule has 0 saturated carbocycles. The number of rotatable bonds is 5. The molecule has 2 aromatic rings. The Bertz CT molecular complexity index is 1020. The molecule has 0 unspecified atom stereocenters. The van der Waals surface area contributed by atoms with E-state index in [0.717, 1.165) is 5.56 Å². The van der Waals surface area contributed by atoms with Crippen molar-refractivity contribution in [3.63, 3.8) is 0 Å². The van der Waals surface area contributed by atoms with Crippen molar-refractivity contribution in [2.24, 2.45) is 5.92 Å². The summed E-state index contributed by atoms with van der Waals surface area (Å²) in [6, 6.07) is 13.0. The van der Waals surface area contributed by atoms with Gasteiger partial charge in [-0.15, -0.1) is 0 Å². The van der Waals surface area contributed by atoms with Gasteiger partial charge in [-0.05, 0) is 29.8 Å². The van der Waals surface area contributed by atoms with Gasteiger partial charge in [-0.2, -0.15) is 0 Å². The van der Waals surface area contributed by atoms with Gasteiger partial charge in [0, 0.05) is 33.7 Å². The van der Waals surface area contributed by atoms with Crippen molar-refractivity contribution in [3.8, 4) is 17.2 Å². The highest BCUT2D eigenvalue weighted by molar-refractivity contribution is 5.98. The number of nitrogens with one attached hydrogen (secondary N) is 1. The smallest absolute Gasteiger partial charge is 0.255 e. The second kappa shape index (κ2) is 8.70. The van der Waals surface area contributed by atoms with E-state index < -0.39 is 11.5 Å². The zero-order valence-electron chi connectivity index (χ0n) is 18.9. The molecule has 1 fully saturated rings. The van der Waals surface area contributed by atoms with E-state index in [9.17, 15) is 9.59 Å². The van der Waals surface area contributed by atoms with Crippen LogP contribution in [0.4, 0.5) is 0 Å². The lowest BCUT2D eigenvalue weighted by Gasteiger charge is -2.34. The van der Waals surface area contributed by atoms with Crippen LogP contribution in [0.3, 0.4) is 0 Å². The van der Waals surface area contributed by atoms with E-state index in [0.29, 0.717) is 42.4 Å². The SMILES string of the molecule is COc1ccc(CN2C[C@H](C(=O)N(C)C)[C@]3(COc4ccccc4C(=O)N3)C2)cc1OC. The lowest BCUT2D eigenvalue weighted by molar-refractivity contribution is -0.134. The van der Waals surface area contributed by atoms with Crippen molar-refractivity contribution in [1.29, 1.82) is 0 Å². The normalized spacial score (nSPS) is 22.5. The van der Waals surface area contributed by atoms with E-state index in [1.807, 2.05) is 24.3 Å². The van der Waals surface area contributed by atoms with Crippen LogP contribution >= 0.6 is 0 Å². The van der Waals surface area contributed by atoms with Crippen LogP contribution in [0.1, 0.15) is 15.9 Å². The van der Waals surface area contributed by atoms with Crippen molar-refractivity contribution in [2.45, 2.75) is 12.1 Å². The molecule has 1 spiro atoms. The molecule has 1 N–H and O–H groups in total. The first-order chi connectivity index (χ1) is 15.4. The van der Waals surface area contributed by atoms with Crippen molar-refractivity contribution >= 4 is 11.8 Å². The van der Waals surface area contributed by atoms with Crippen molar-refractivity contribution in [3.05, 3.63) is 53.6 Å². The van der Waals surface area contributed by atoms with E-state index >= 15 is 0 Å². The molecule has 4 rings (SSSR count). The maximum atomic E-state index is 13.1. The number of para-hydroxylation sites is 1. The maximum Gasteiger partial charge on any atom is 0.255 e. The summed E-state index contributed by atoms with van der Waals surface area (Å²) in [6.45, 7) is 1.82. The minimum Gasteiger partial charge on any atom is -0.493 e. The van der Waals surface area contributed by atoms with Gasteiger partial charge in [0.2, 0.25) is 5.91 Å². The molecule has 0 bridgehead atoms.